The van der Waals surface area contributed by atoms with Crippen molar-refractivity contribution >= 4 is 21.4 Å². The second kappa shape index (κ2) is 9.43. The van der Waals surface area contributed by atoms with Gasteiger partial charge in [0.15, 0.2) is 11.5 Å². The summed E-state index contributed by atoms with van der Waals surface area (Å²) in [4.78, 5) is 7.27. The molecule has 0 spiro atoms. The minimum absolute atomic E-state index is 0.607. The number of anilines is 1. The summed E-state index contributed by atoms with van der Waals surface area (Å²) in [6.07, 6.45) is 6.12. The van der Waals surface area contributed by atoms with Crippen molar-refractivity contribution < 1.29 is 8.42 Å². The minimum Gasteiger partial charge on any atom is -0.306 e. The molecule has 1 saturated heterocycles. The predicted molar refractivity (Wildman–Crippen MR) is 140 cm³/mol. The van der Waals surface area contributed by atoms with Crippen LogP contribution in [-0.2, 0) is 16.4 Å². The monoisotopic (exact) mass is 489 g/mol. The summed E-state index contributed by atoms with van der Waals surface area (Å²) in [7, 11) is 0.354. The minimum atomic E-state index is -3.40. The highest BCUT2D eigenvalue weighted by Crippen LogP contribution is 2.34. The number of fused-ring (bicyclic) bond motifs is 1. The van der Waals surface area contributed by atoms with Gasteiger partial charge in [0.1, 0.15) is 0 Å². The molecule has 8 heteroatoms. The summed E-state index contributed by atoms with van der Waals surface area (Å²) in [5, 5.41) is 4.74. The lowest BCUT2D eigenvalue weighted by atomic mass is 9.88. The Morgan fingerprint density at radius 1 is 1.00 bits per heavy atom. The molecule has 0 aliphatic carbocycles. The number of sulfonamides is 1. The molecule has 0 saturated carbocycles. The molecule has 3 heterocycles. The highest BCUT2D eigenvalue weighted by molar-refractivity contribution is 7.92. The fourth-order valence-electron chi connectivity index (χ4n) is 4.87. The Morgan fingerprint density at radius 3 is 2.51 bits per heavy atom. The maximum atomic E-state index is 12.2. The van der Waals surface area contributed by atoms with Crippen molar-refractivity contribution in [2.24, 2.45) is 0 Å². The van der Waals surface area contributed by atoms with Crippen LogP contribution in [0, 0.1) is 0 Å². The molecule has 2 aromatic carbocycles. The zero-order valence-electron chi connectivity index (χ0n) is 20.4. The molecule has 7 nitrogen and oxygen atoms in total. The van der Waals surface area contributed by atoms with Gasteiger partial charge < -0.3 is 4.90 Å². The van der Waals surface area contributed by atoms with Crippen molar-refractivity contribution in [3.8, 4) is 11.1 Å². The van der Waals surface area contributed by atoms with Crippen LogP contribution in [0.25, 0.3) is 16.8 Å². The fourth-order valence-corrected chi connectivity index (χ4v) is 5.39. The number of benzene rings is 2. The zero-order chi connectivity index (χ0) is 24.6. The van der Waals surface area contributed by atoms with Gasteiger partial charge in [-0.15, -0.1) is 0 Å². The smallest absolute Gasteiger partial charge is 0.232 e. The molecule has 35 heavy (non-hydrogen) atoms. The number of hydrogen-bond acceptors (Lipinski definition) is 5. The van der Waals surface area contributed by atoms with E-state index in [0.717, 1.165) is 30.0 Å². The average Bonchev–Trinajstić information content (AvgIpc) is 3.26. The highest BCUT2D eigenvalue weighted by Gasteiger charge is 2.20. The third kappa shape index (κ3) is 4.94. The van der Waals surface area contributed by atoms with Gasteiger partial charge in [-0.2, -0.15) is 5.10 Å². The molecular formula is C27H31N5O2S. The van der Waals surface area contributed by atoms with Crippen LogP contribution in [0.5, 0.6) is 0 Å². The van der Waals surface area contributed by atoms with E-state index in [4.69, 9.17) is 10.1 Å². The lowest BCUT2D eigenvalue weighted by Gasteiger charge is -2.29. The Hall–Kier alpha value is -3.23. The van der Waals surface area contributed by atoms with Gasteiger partial charge in [0.05, 0.1) is 11.9 Å². The molecule has 5 rings (SSSR count). The molecule has 1 aliphatic heterocycles. The maximum absolute atomic E-state index is 12.2. The molecule has 0 unspecified atom stereocenters. The molecule has 0 bridgehead atoms. The molecule has 0 atom stereocenters. The van der Waals surface area contributed by atoms with Crippen LogP contribution < -0.4 is 4.31 Å². The lowest BCUT2D eigenvalue weighted by molar-refractivity contribution is 0.255. The SMILES string of the molecule is CN1CCC(c2cccc(Cc3nc4c(-c5ccccc5N(C)S(C)(=O)=O)cccn4n3)c2)CC1. The zero-order valence-corrected chi connectivity index (χ0v) is 21.2. The molecular weight excluding hydrogens is 458 g/mol. The first kappa shape index (κ1) is 23.5. The van der Waals surface area contributed by atoms with E-state index in [1.165, 1.54) is 34.5 Å². The van der Waals surface area contributed by atoms with Crippen LogP contribution in [0.3, 0.4) is 0 Å². The van der Waals surface area contributed by atoms with E-state index >= 15 is 0 Å². The van der Waals surface area contributed by atoms with E-state index < -0.39 is 10.0 Å². The van der Waals surface area contributed by atoms with Crippen molar-refractivity contribution in [1.82, 2.24) is 19.5 Å². The largest absolute Gasteiger partial charge is 0.306 e. The number of hydrogen-bond donors (Lipinski definition) is 0. The molecule has 1 aliphatic rings. The van der Waals surface area contributed by atoms with Crippen LogP contribution in [0.2, 0.25) is 0 Å². The first-order chi connectivity index (χ1) is 16.8. The highest BCUT2D eigenvalue weighted by atomic mass is 32.2. The Bertz CT molecular complexity index is 1460. The standard InChI is InChI=1S/C27H31N5O2S/c1-30-16-13-21(14-17-30)22-9-6-8-20(18-22)19-26-28-27-24(11-7-15-32(27)29-26)23-10-4-5-12-25(23)31(2)35(3,33)34/h4-12,15,18,21H,13-14,16-17,19H2,1-3H3. The van der Waals surface area contributed by atoms with Crippen molar-refractivity contribution in [2.45, 2.75) is 25.2 Å². The summed E-state index contributed by atoms with van der Waals surface area (Å²) in [5.41, 5.74) is 5.57. The number of piperidine rings is 1. The van der Waals surface area contributed by atoms with Gasteiger partial charge in [-0.3, -0.25) is 4.31 Å². The van der Waals surface area contributed by atoms with Crippen LogP contribution in [0.15, 0.2) is 66.9 Å². The number of pyridine rings is 1. The van der Waals surface area contributed by atoms with E-state index in [9.17, 15) is 8.42 Å². The van der Waals surface area contributed by atoms with Crippen LogP contribution in [-0.4, -0.2) is 61.4 Å². The normalized spacial score (nSPS) is 15.5. The van der Waals surface area contributed by atoms with Gasteiger partial charge >= 0.3 is 0 Å². The molecule has 182 valence electrons. The van der Waals surface area contributed by atoms with Gasteiger partial charge in [-0.1, -0.05) is 42.5 Å². The van der Waals surface area contributed by atoms with E-state index in [2.05, 4.69) is 36.2 Å². The number of aromatic nitrogens is 3. The molecule has 4 aromatic rings. The van der Waals surface area contributed by atoms with Gasteiger partial charge in [0.2, 0.25) is 10.0 Å². The van der Waals surface area contributed by atoms with Gasteiger partial charge in [-0.25, -0.2) is 17.9 Å². The molecule has 0 radical (unpaired) electrons. The second-order valence-electron chi connectivity index (χ2n) is 9.47. The van der Waals surface area contributed by atoms with Crippen molar-refractivity contribution in [2.75, 3.05) is 37.7 Å². The van der Waals surface area contributed by atoms with E-state index in [-0.39, 0.29) is 0 Å². The predicted octanol–water partition coefficient (Wildman–Crippen LogP) is 4.19. The van der Waals surface area contributed by atoms with E-state index in [0.29, 0.717) is 23.7 Å². The fraction of sp³-hybridized carbons (Fsp3) is 0.333. The molecule has 0 N–H and O–H groups in total. The topological polar surface area (TPSA) is 70.8 Å². The molecule has 0 amide bonds. The first-order valence-corrected chi connectivity index (χ1v) is 13.8. The number of likely N-dealkylation sites (tertiary alicyclic amines) is 1. The third-order valence-electron chi connectivity index (χ3n) is 6.94. The van der Waals surface area contributed by atoms with Crippen LogP contribution >= 0.6 is 0 Å². The summed E-state index contributed by atoms with van der Waals surface area (Å²) < 4.78 is 27.6. The van der Waals surface area contributed by atoms with E-state index in [1.54, 1.807) is 11.6 Å². The number of para-hydroxylation sites is 1. The lowest BCUT2D eigenvalue weighted by Crippen LogP contribution is -2.29. The average molecular weight is 490 g/mol. The maximum Gasteiger partial charge on any atom is 0.232 e. The first-order valence-electron chi connectivity index (χ1n) is 11.9. The number of rotatable bonds is 6. The Balaban J connectivity index is 1.47. The van der Waals surface area contributed by atoms with E-state index in [1.807, 2.05) is 42.6 Å². The summed E-state index contributed by atoms with van der Waals surface area (Å²) in [6.45, 7) is 2.28. The Labute approximate surface area is 207 Å². The number of nitrogens with zero attached hydrogens (tertiary/aromatic N) is 5. The Morgan fingerprint density at radius 2 is 1.74 bits per heavy atom. The Kier molecular flexibility index (Phi) is 6.34. The van der Waals surface area contributed by atoms with Crippen LogP contribution in [0.1, 0.15) is 35.7 Å². The van der Waals surface area contributed by atoms with Crippen molar-refractivity contribution in [1.29, 1.82) is 0 Å². The molecule has 2 aromatic heterocycles. The summed E-state index contributed by atoms with van der Waals surface area (Å²) >= 11 is 0. The van der Waals surface area contributed by atoms with Gasteiger partial charge in [0, 0.05) is 30.8 Å². The van der Waals surface area contributed by atoms with Gasteiger partial charge in [-0.05, 0) is 68.2 Å². The summed E-state index contributed by atoms with van der Waals surface area (Å²) in [5.74, 6) is 1.35. The van der Waals surface area contributed by atoms with Crippen LogP contribution in [0.4, 0.5) is 5.69 Å². The second-order valence-corrected chi connectivity index (χ2v) is 11.5. The van der Waals surface area contributed by atoms with Gasteiger partial charge in [0.25, 0.3) is 0 Å². The summed E-state index contributed by atoms with van der Waals surface area (Å²) in [6, 6.07) is 20.2. The quantitative estimate of drug-likeness (QED) is 0.406. The third-order valence-corrected chi connectivity index (χ3v) is 8.13. The molecule has 1 fully saturated rings. The van der Waals surface area contributed by atoms with Crippen molar-refractivity contribution in [3.05, 3.63) is 83.8 Å². The van der Waals surface area contributed by atoms with Crippen molar-refractivity contribution in [3.63, 3.8) is 0 Å².